The van der Waals surface area contributed by atoms with Crippen LogP contribution in [-0.4, -0.2) is 6.54 Å². The third-order valence-corrected chi connectivity index (χ3v) is 3.64. The van der Waals surface area contributed by atoms with E-state index < -0.39 is 0 Å². The van der Waals surface area contributed by atoms with Gasteiger partial charge in [0.2, 0.25) is 0 Å². The molecule has 0 heterocycles. The molecule has 100 valence electrons. The van der Waals surface area contributed by atoms with Crippen LogP contribution < -0.4 is 10.5 Å². The minimum Gasteiger partial charge on any atom is -0.456 e. The largest absolute Gasteiger partial charge is 0.456 e. The summed E-state index contributed by atoms with van der Waals surface area (Å²) in [6.45, 7) is 2.71. The molecule has 2 aromatic rings. The molecule has 0 spiro atoms. The molecule has 0 saturated heterocycles. The predicted octanol–water partition coefficient (Wildman–Crippen LogP) is 4.70. The van der Waals surface area contributed by atoms with Crippen LogP contribution in [0.25, 0.3) is 0 Å². The van der Waals surface area contributed by atoms with E-state index in [4.69, 9.17) is 22.1 Å². The van der Waals surface area contributed by atoms with Gasteiger partial charge in [-0.1, -0.05) is 33.6 Å². The highest BCUT2D eigenvalue weighted by Gasteiger charge is 2.05. The topological polar surface area (TPSA) is 35.2 Å². The molecular weight excluding hydrogens is 326 g/mol. The molecule has 0 aromatic heterocycles. The molecule has 0 aliphatic rings. The van der Waals surface area contributed by atoms with E-state index in [-0.39, 0.29) is 0 Å². The second-order valence-corrected chi connectivity index (χ2v) is 5.63. The van der Waals surface area contributed by atoms with E-state index in [1.165, 1.54) is 11.1 Å². The number of hydrogen-bond donors (Lipinski definition) is 1. The summed E-state index contributed by atoms with van der Waals surface area (Å²) < 4.78 is 6.72. The number of halogens is 2. The zero-order valence-corrected chi connectivity index (χ0v) is 13.0. The molecule has 0 bridgehead atoms. The van der Waals surface area contributed by atoms with Gasteiger partial charge in [-0.3, -0.25) is 0 Å². The van der Waals surface area contributed by atoms with Crippen LogP contribution in [0.3, 0.4) is 0 Å². The Labute approximate surface area is 126 Å². The zero-order valence-electron chi connectivity index (χ0n) is 10.6. The average molecular weight is 341 g/mol. The third-order valence-electron chi connectivity index (χ3n) is 2.85. The van der Waals surface area contributed by atoms with Crippen molar-refractivity contribution in [1.29, 1.82) is 0 Å². The van der Waals surface area contributed by atoms with Gasteiger partial charge in [-0.15, -0.1) is 0 Å². The van der Waals surface area contributed by atoms with Crippen LogP contribution in [-0.2, 0) is 6.42 Å². The van der Waals surface area contributed by atoms with Crippen molar-refractivity contribution in [2.24, 2.45) is 5.73 Å². The molecule has 0 amide bonds. The second-order valence-electron chi connectivity index (χ2n) is 4.30. The van der Waals surface area contributed by atoms with Gasteiger partial charge in [0.05, 0.1) is 5.02 Å². The van der Waals surface area contributed by atoms with Gasteiger partial charge in [-0.2, -0.15) is 0 Å². The first kappa shape index (κ1) is 14.4. The Kier molecular flexibility index (Phi) is 4.86. The smallest absolute Gasteiger partial charge is 0.146 e. The monoisotopic (exact) mass is 339 g/mol. The molecule has 0 aliphatic carbocycles. The van der Waals surface area contributed by atoms with Gasteiger partial charge < -0.3 is 10.5 Å². The Hall–Kier alpha value is -1.03. The van der Waals surface area contributed by atoms with Gasteiger partial charge >= 0.3 is 0 Å². The normalized spacial score (nSPS) is 10.5. The van der Waals surface area contributed by atoms with E-state index in [2.05, 4.69) is 22.9 Å². The summed E-state index contributed by atoms with van der Waals surface area (Å²) >= 11 is 9.50. The fourth-order valence-corrected chi connectivity index (χ4v) is 2.56. The summed E-state index contributed by atoms with van der Waals surface area (Å²) in [5.74, 6) is 1.43. The lowest BCUT2D eigenvalue weighted by Gasteiger charge is -2.10. The highest BCUT2D eigenvalue weighted by Crippen LogP contribution is 2.32. The van der Waals surface area contributed by atoms with Crippen LogP contribution in [0.4, 0.5) is 0 Å². The van der Waals surface area contributed by atoms with Crippen molar-refractivity contribution in [1.82, 2.24) is 0 Å². The molecule has 0 radical (unpaired) electrons. The number of hydrogen-bond acceptors (Lipinski definition) is 2. The number of rotatable bonds is 4. The van der Waals surface area contributed by atoms with Crippen molar-refractivity contribution < 1.29 is 4.74 Å². The highest BCUT2D eigenvalue weighted by molar-refractivity contribution is 9.10. The van der Waals surface area contributed by atoms with Gasteiger partial charge in [0.25, 0.3) is 0 Å². The van der Waals surface area contributed by atoms with E-state index in [1.54, 1.807) is 0 Å². The zero-order chi connectivity index (χ0) is 13.8. The van der Waals surface area contributed by atoms with Crippen molar-refractivity contribution in [3.8, 4) is 11.5 Å². The van der Waals surface area contributed by atoms with Gasteiger partial charge in [-0.25, -0.2) is 0 Å². The van der Waals surface area contributed by atoms with Gasteiger partial charge in [-0.05, 0) is 61.3 Å². The molecule has 2 N–H and O–H groups in total. The van der Waals surface area contributed by atoms with Crippen LogP contribution >= 0.6 is 27.5 Å². The minimum atomic E-state index is 0.582. The third kappa shape index (κ3) is 3.72. The first-order valence-electron chi connectivity index (χ1n) is 6.02. The second kappa shape index (κ2) is 6.42. The number of ether oxygens (including phenoxy) is 1. The Balaban J connectivity index is 2.21. The minimum absolute atomic E-state index is 0.582. The van der Waals surface area contributed by atoms with E-state index in [9.17, 15) is 0 Å². The van der Waals surface area contributed by atoms with E-state index >= 15 is 0 Å². The van der Waals surface area contributed by atoms with E-state index in [0.717, 1.165) is 16.6 Å². The molecule has 0 aliphatic heterocycles. The van der Waals surface area contributed by atoms with Gasteiger partial charge in [0.1, 0.15) is 11.5 Å². The van der Waals surface area contributed by atoms with E-state index in [1.807, 2.05) is 36.4 Å². The molecule has 0 atom stereocenters. The Morgan fingerprint density at radius 1 is 1.21 bits per heavy atom. The summed E-state index contributed by atoms with van der Waals surface area (Å²) in [5, 5.41) is 0.582. The van der Waals surface area contributed by atoms with Crippen LogP contribution in [0, 0.1) is 6.92 Å². The summed E-state index contributed by atoms with van der Waals surface area (Å²) in [6, 6.07) is 11.5. The maximum atomic E-state index is 6.13. The molecule has 2 rings (SSSR count). The van der Waals surface area contributed by atoms with Crippen LogP contribution in [0.15, 0.2) is 40.9 Å². The van der Waals surface area contributed by atoms with Crippen molar-refractivity contribution in [2.75, 3.05) is 6.54 Å². The Morgan fingerprint density at radius 2 is 2.00 bits per heavy atom. The number of nitrogens with two attached hydrogens (primary N) is 1. The molecule has 2 aromatic carbocycles. The molecule has 4 heteroatoms. The average Bonchev–Trinajstić information content (AvgIpc) is 2.36. The SMILES string of the molecule is Cc1cc(Oc2ccc(Br)cc2Cl)ccc1CCN. The molecule has 19 heavy (non-hydrogen) atoms. The first-order valence-corrected chi connectivity index (χ1v) is 7.20. The number of aryl methyl sites for hydroxylation is 1. The van der Waals surface area contributed by atoms with Crippen LogP contribution in [0.1, 0.15) is 11.1 Å². The molecule has 0 saturated carbocycles. The lowest BCUT2D eigenvalue weighted by molar-refractivity contribution is 0.482. The van der Waals surface area contributed by atoms with Gasteiger partial charge in [0, 0.05) is 4.47 Å². The summed E-state index contributed by atoms with van der Waals surface area (Å²) in [6.07, 6.45) is 0.880. The molecule has 0 unspecified atom stereocenters. The van der Waals surface area contributed by atoms with Crippen LogP contribution in [0.5, 0.6) is 11.5 Å². The van der Waals surface area contributed by atoms with Crippen molar-refractivity contribution >= 4 is 27.5 Å². The van der Waals surface area contributed by atoms with Crippen LogP contribution in [0.2, 0.25) is 5.02 Å². The fraction of sp³-hybridized carbons (Fsp3) is 0.200. The Bertz CT molecular complexity index is 586. The van der Waals surface area contributed by atoms with E-state index in [0.29, 0.717) is 17.3 Å². The lowest BCUT2D eigenvalue weighted by atomic mass is 10.1. The number of benzene rings is 2. The summed E-state index contributed by atoms with van der Waals surface area (Å²) in [7, 11) is 0. The molecular formula is C15H15BrClNO. The van der Waals surface area contributed by atoms with Crippen molar-refractivity contribution in [3.63, 3.8) is 0 Å². The maximum absolute atomic E-state index is 6.13. The predicted molar refractivity (Wildman–Crippen MR) is 83.2 cm³/mol. The molecule has 2 nitrogen and oxygen atoms in total. The summed E-state index contributed by atoms with van der Waals surface area (Å²) in [4.78, 5) is 0. The van der Waals surface area contributed by atoms with Gasteiger partial charge in [0.15, 0.2) is 0 Å². The quantitative estimate of drug-likeness (QED) is 0.875. The summed E-state index contributed by atoms with van der Waals surface area (Å²) in [5.41, 5.74) is 8.00. The fourth-order valence-electron chi connectivity index (χ4n) is 1.85. The Morgan fingerprint density at radius 3 is 2.63 bits per heavy atom. The van der Waals surface area contributed by atoms with Crippen molar-refractivity contribution in [3.05, 3.63) is 57.0 Å². The first-order chi connectivity index (χ1) is 9.10. The highest BCUT2D eigenvalue weighted by atomic mass is 79.9. The molecule has 0 fully saturated rings. The van der Waals surface area contributed by atoms with Crippen molar-refractivity contribution in [2.45, 2.75) is 13.3 Å². The lowest BCUT2D eigenvalue weighted by Crippen LogP contribution is -2.04. The maximum Gasteiger partial charge on any atom is 0.146 e. The standard InChI is InChI=1S/C15H15BrClNO/c1-10-8-13(4-2-11(10)6-7-18)19-15-5-3-12(16)9-14(15)17/h2-5,8-9H,6-7,18H2,1H3.